The van der Waals surface area contributed by atoms with Crippen LogP contribution in [-0.2, 0) is 0 Å². The van der Waals surface area contributed by atoms with Crippen molar-refractivity contribution in [2.24, 2.45) is 0 Å². The quantitative estimate of drug-likeness (QED) is 0.703. The van der Waals surface area contributed by atoms with E-state index in [1.165, 1.54) is 20.0 Å². The maximum Gasteiger partial charge on any atom is 0.255 e. The first-order chi connectivity index (χ1) is 9.77. The van der Waals surface area contributed by atoms with E-state index in [0.29, 0.717) is 17.3 Å². The van der Waals surface area contributed by atoms with Gasteiger partial charge in [0, 0.05) is 12.2 Å². The number of halogens is 2. The minimum atomic E-state index is -1.55. The van der Waals surface area contributed by atoms with Crippen molar-refractivity contribution < 1.29 is 14.3 Å². The van der Waals surface area contributed by atoms with Crippen LogP contribution in [0.25, 0.3) is 0 Å². The van der Waals surface area contributed by atoms with Crippen LogP contribution in [0.4, 0.5) is 10.1 Å². The zero-order valence-corrected chi connectivity index (χ0v) is 12.7. The minimum absolute atomic E-state index is 0.270. The second-order valence-corrected chi connectivity index (χ2v) is 6.19. The summed E-state index contributed by atoms with van der Waals surface area (Å²) in [5.74, 6) is -0.450. The van der Waals surface area contributed by atoms with Crippen molar-refractivity contribution in [2.75, 3.05) is 11.9 Å². The normalized spacial score (nSPS) is 16.4. The number of anilines is 1. The van der Waals surface area contributed by atoms with Crippen molar-refractivity contribution in [2.45, 2.75) is 44.5 Å². The van der Waals surface area contributed by atoms with E-state index in [-0.39, 0.29) is 11.7 Å². The molecule has 0 aromatic carbocycles. The maximum absolute atomic E-state index is 13.7. The SMILES string of the molecule is CC(C)(O)[C@@H](F)CNC(=O)c1cnc(Cl)cc1NC1CC1. The lowest BCUT2D eigenvalue weighted by molar-refractivity contribution is -0.00177. The number of hydrogen-bond donors (Lipinski definition) is 3. The van der Waals surface area contributed by atoms with Crippen molar-refractivity contribution in [1.82, 2.24) is 10.3 Å². The standard InChI is InChI=1S/C14H19ClFN3O2/c1-14(2,21)11(16)7-18-13(20)9-6-17-12(15)5-10(9)19-8-3-4-8/h5-6,8,11,21H,3-4,7H2,1-2H3,(H,17,19)(H,18,20)/t11-/m0/s1. The number of aliphatic hydroxyl groups is 1. The molecule has 1 atom stereocenters. The molecule has 5 nitrogen and oxygen atoms in total. The summed E-state index contributed by atoms with van der Waals surface area (Å²) in [7, 11) is 0. The number of carbonyl (C=O) groups is 1. The molecule has 2 rings (SSSR count). The predicted molar refractivity (Wildman–Crippen MR) is 79.4 cm³/mol. The van der Waals surface area contributed by atoms with Crippen LogP contribution in [0.1, 0.15) is 37.0 Å². The summed E-state index contributed by atoms with van der Waals surface area (Å²) < 4.78 is 13.7. The number of hydrogen-bond acceptors (Lipinski definition) is 4. The Kier molecular flexibility index (Phi) is 4.68. The van der Waals surface area contributed by atoms with Gasteiger partial charge in [0.15, 0.2) is 0 Å². The highest BCUT2D eigenvalue weighted by Gasteiger charge is 2.28. The number of carbonyl (C=O) groups excluding carboxylic acids is 1. The van der Waals surface area contributed by atoms with Gasteiger partial charge >= 0.3 is 0 Å². The van der Waals surface area contributed by atoms with Crippen LogP contribution in [0.2, 0.25) is 5.15 Å². The van der Waals surface area contributed by atoms with Crippen LogP contribution >= 0.6 is 11.6 Å². The molecular formula is C14H19ClFN3O2. The molecule has 7 heteroatoms. The van der Waals surface area contributed by atoms with Crippen molar-refractivity contribution in [3.05, 3.63) is 23.0 Å². The molecule has 0 saturated heterocycles. The van der Waals surface area contributed by atoms with Gasteiger partial charge in [0.25, 0.3) is 5.91 Å². The fourth-order valence-corrected chi connectivity index (χ4v) is 1.86. The van der Waals surface area contributed by atoms with Crippen molar-refractivity contribution in [3.63, 3.8) is 0 Å². The molecule has 0 unspecified atom stereocenters. The van der Waals surface area contributed by atoms with Gasteiger partial charge in [-0.1, -0.05) is 11.6 Å². The largest absolute Gasteiger partial charge is 0.387 e. The number of amides is 1. The highest BCUT2D eigenvalue weighted by molar-refractivity contribution is 6.29. The Hall–Kier alpha value is -1.40. The van der Waals surface area contributed by atoms with E-state index >= 15 is 0 Å². The lowest BCUT2D eigenvalue weighted by Crippen LogP contribution is -2.42. The summed E-state index contributed by atoms with van der Waals surface area (Å²) >= 11 is 5.84. The van der Waals surface area contributed by atoms with Crippen LogP contribution in [0.3, 0.4) is 0 Å². The van der Waals surface area contributed by atoms with Crippen molar-refractivity contribution in [3.8, 4) is 0 Å². The number of rotatable bonds is 6. The molecule has 1 aromatic heterocycles. The molecule has 0 spiro atoms. The molecule has 1 heterocycles. The van der Waals surface area contributed by atoms with Crippen LogP contribution < -0.4 is 10.6 Å². The Bertz CT molecular complexity index is 529. The van der Waals surface area contributed by atoms with Crippen LogP contribution in [0.15, 0.2) is 12.3 Å². The van der Waals surface area contributed by atoms with Gasteiger partial charge < -0.3 is 15.7 Å². The Morgan fingerprint density at radius 3 is 2.86 bits per heavy atom. The van der Waals surface area contributed by atoms with E-state index in [2.05, 4.69) is 15.6 Å². The first-order valence-electron chi connectivity index (χ1n) is 6.84. The molecule has 3 N–H and O–H groups in total. The zero-order chi connectivity index (χ0) is 15.6. The lowest BCUT2D eigenvalue weighted by Gasteiger charge is -2.22. The first kappa shape index (κ1) is 16.0. The monoisotopic (exact) mass is 315 g/mol. The fraction of sp³-hybridized carbons (Fsp3) is 0.571. The molecule has 1 fully saturated rings. The van der Waals surface area contributed by atoms with E-state index in [4.69, 9.17) is 11.6 Å². The molecule has 1 aliphatic rings. The van der Waals surface area contributed by atoms with Crippen molar-refractivity contribution in [1.29, 1.82) is 0 Å². The summed E-state index contributed by atoms with van der Waals surface area (Å²) in [6, 6.07) is 1.93. The summed E-state index contributed by atoms with van der Waals surface area (Å²) in [5.41, 5.74) is -0.594. The third kappa shape index (κ3) is 4.54. The van der Waals surface area contributed by atoms with E-state index in [0.717, 1.165) is 12.8 Å². The number of nitrogens with one attached hydrogen (secondary N) is 2. The van der Waals surface area contributed by atoms with Crippen LogP contribution in [-0.4, -0.2) is 40.4 Å². The van der Waals surface area contributed by atoms with Gasteiger partial charge in [-0.3, -0.25) is 4.79 Å². The topological polar surface area (TPSA) is 74.2 Å². The smallest absolute Gasteiger partial charge is 0.255 e. The van der Waals surface area contributed by atoms with Gasteiger partial charge in [-0.15, -0.1) is 0 Å². The summed E-state index contributed by atoms with van der Waals surface area (Å²) in [5, 5.41) is 15.5. The highest BCUT2D eigenvalue weighted by Crippen LogP contribution is 2.28. The second-order valence-electron chi connectivity index (χ2n) is 5.80. The Labute approximate surface area is 127 Å². The Morgan fingerprint density at radius 2 is 2.29 bits per heavy atom. The third-order valence-electron chi connectivity index (χ3n) is 3.26. The number of pyridine rings is 1. The molecular weight excluding hydrogens is 297 g/mol. The molecule has 116 valence electrons. The maximum atomic E-state index is 13.7. The van der Waals surface area contributed by atoms with E-state index < -0.39 is 17.7 Å². The molecule has 1 amide bonds. The number of aromatic nitrogens is 1. The number of nitrogens with zero attached hydrogens (tertiary/aromatic N) is 1. The lowest BCUT2D eigenvalue weighted by atomic mass is 10.0. The summed E-state index contributed by atoms with van der Waals surface area (Å²) in [6.07, 6.45) is 1.90. The van der Waals surface area contributed by atoms with E-state index in [1.54, 1.807) is 6.07 Å². The predicted octanol–water partition coefficient (Wildman–Crippen LogP) is 2.15. The van der Waals surface area contributed by atoms with Gasteiger partial charge in [0.1, 0.15) is 11.3 Å². The van der Waals surface area contributed by atoms with Crippen molar-refractivity contribution >= 4 is 23.2 Å². The second kappa shape index (κ2) is 6.15. The van der Waals surface area contributed by atoms with Gasteiger partial charge in [0.2, 0.25) is 0 Å². The summed E-state index contributed by atoms with van der Waals surface area (Å²) in [6.45, 7) is 2.44. The molecule has 0 aliphatic heterocycles. The fourth-order valence-electron chi connectivity index (χ4n) is 1.71. The Morgan fingerprint density at radius 1 is 1.62 bits per heavy atom. The van der Waals surface area contributed by atoms with Gasteiger partial charge in [-0.25, -0.2) is 9.37 Å². The zero-order valence-electron chi connectivity index (χ0n) is 12.0. The molecule has 1 aromatic rings. The third-order valence-corrected chi connectivity index (χ3v) is 3.47. The summed E-state index contributed by atoms with van der Waals surface area (Å²) in [4.78, 5) is 16.0. The average molecular weight is 316 g/mol. The van der Waals surface area contributed by atoms with Gasteiger partial charge in [-0.05, 0) is 32.8 Å². The molecule has 0 bridgehead atoms. The minimum Gasteiger partial charge on any atom is -0.387 e. The number of alkyl halides is 1. The van der Waals surface area contributed by atoms with Gasteiger partial charge in [0.05, 0.1) is 23.4 Å². The van der Waals surface area contributed by atoms with E-state index in [1.807, 2.05) is 0 Å². The van der Waals surface area contributed by atoms with Crippen LogP contribution in [0.5, 0.6) is 0 Å². The first-order valence-corrected chi connectivity index (χ1v) is 7.22. The average Bonchev–Trinajstić information content (AvgIpc) is 3.18. The van der Waals surface area contributed by atoms with Gasteiger partial charge in [-0.2, -0.15) is 0 Å². The molecule has 1 saturated carbocycles. The highest BCUT2D eigenvalue weighted by atomic mass is 35.5. The molecule has 1 aliphatic carbocycles. The molecule has 21 heavy (non-hydrogen) atoms. The molecule has 0 radical (unpaired) electrons. The van der Waals surface area contributed by atoms with Crippen LogP contribution in [0, 0.1) is 0 Å². The Balaban J connectivity index is 2.04. The van der Waals surface area contributed by atoms with E-state index in [9.17, 15) is 14.3 Å².